The molecular weight excluding hydrogens is 551 g/mol. The summed E-state index contributed by atoms with van der Waals surface area (Å²) in [4.78, 5) is 26.5. The van der Waals surface area contributed by atoms with Crippen molar-refractivity contribution in [2.24, 2.45) is 5.73 Å². The van der Waals surface area contributed by atoms with Gasteiger partial charge in [-0.3, -0.25) is 9.59 Å². The number of nitrogens with two attached hydrogens (primary N) is 1. The topological polar surface area (TPSA) is 117 Å². The van der Waals surface area contributed by atoms with E-state index in [1.165, 1.54) is 0 Å². The Kier molecular flexibility index (Phi) is 10.4. The highest BCUT2D eigenvalue weighted by Crippen LogP contribution is 2.36. The Morgan fingerprint density at radius 3 is 2.52 bits per heavy atom. The second-order valence-corrected chi connectivity index (χ2v) is 10.6. The maximum absolute atomic E-state index is 14.3. The Bertz CT molecular complexity index is 1320. The number of nitrogens with zero attached hydrogens (tertiary/aromatic N) is 1. The van der Waals surface area contributed by atoms with E-state index in [0.717, 1.165) is 22.6 Å². The molecule has 0 saturated heterocycles. The van der Waals surface area contributed by atoms with Crippen LogP contribution in [0.5, 0.6) is 5.75 Å². The van der Waals surface area contributed by atoms with Gasteiger partial charge in [-0.15, -0.1) is 0 Å². The molecule has 0 aromatic heterocycles. The molecule has 5 N–H and O–H groups in total. The molecule has 3 atom stereocenters. The van der Waals surface area contributed by atoms with Crippen molar-refractivity contribution < 1.29 is 19.4 Å². The molecule has 0 bridgehead atoms. The number of nitrogens with one attached hydrogen (secondary N) is 2. The van der Waals surface area contributed by atoms with Crippen molar-refractivity contribution in [3.8, 4) is 5.75 Å². The number of hydrazine groups is 1. The molecule has 40 heavy (non-hydrogen) atoms. The number of ketones is 1. The number of benzene rings is 3. The van der Waals surface area contributed by atoms with E-state index in [4.69, 9.17) is 33.7 Å². The van der Waals surface area contributed by atoms with Crippen molar-refractivity contribution in [1.82, 2.24) is 10.4 Å². The lowest BCUT2D eigenvalue weighted by Crippen LogP contribution is -2.59. The van der Waals surface area contributed by atoms with E-state index >= 15 is 0 Å². The first-order valence-corrected chi connectivity index (χ1v) is 14.0. The molecule has 0 spiro atoms. The molecule has 1 heterocycles. The first-order chi connectivity index (χ1) is 19.3. The monoisotopic (exact) mass is 584 g/mol. The van der Waals surface area contributed by atoms with Crippen LogP contribution in [0.1, 0.15) is 46.7 Å². The number of unbranched alkanes of at least 4 members (excludes halogenated alkanes) is 1. The van der Waals surface area contributed by atoms with E-state index in [2.05, 4.69) is 10.7 Å². The highest BCUT2D eigenvalue weighted by Gasteiger charge is 2.42. The molecule has 3 aromatic carbocycles. The summed E-state index contributed by atoms with van der Waals surface area (Å²) in [6, 6.07) is 18.6. The van der Waals surface area contributed by atoms with Gasteiger partial charge in [-0.2, -0.15) is 0 Å². The number of halogens is 2. The molecule has 0 amide bonds. The molecule has 2 unspecified atom stereocenters. The van der Waals surface area contributed by atoms with Crippen LogP contribution in [0, 0.1) is 0 Å². The average Bonchev–Trinajstić information content (AvgIpc) is 2.95. The zero-order valence-corrected chi connectivity index (χ0v) is 23.8. The van der Waals surface area contributed by atoms with Crippen LogP contribution < -0.4 is 21.2 Å². The van der Waals surface area contributed by atoms with E-state index in [1.54, 1.807) is 30.3 Å². The SMILES string of the molecule is COc1ccc(NCC2c3ccccc3CN(N[C@H](CCCCN)C(=O)O)C2C(=O)c2ccc(Cl)cc2Cl)cc1. The van der Waals surface area contributed by atoms with Crippen molar-refractivity contribution in [3.05, 3.63) is 93.5 Å². The van der Waals surface area contributed by atoms with Gasteiger partial charge in [-0.1, -0.05) is 47.5 Å². The van der Waals surface area contributed by atoms with Gasteiger partial charge in [0.2, 0.25) is 0 Å². The van der Waals surface area contributed by atoms with E-state index in [1.807, 2.05) is 48.5 Å². The molecular formula is C30H34Cl2N4O4. The molecule has 0 radical (unpaired) electrons. The molecule has 10 heteroatoms. The van der Waals surface area contributed by atoms with Gasteiger partial charge >= 0.3 is 5.97 Å². The highest BCUT2D eigenvalue weighted by atomic mass is 35.5. The Morgan fingerprint density at radius 1 is 1.10 bits per heavy atom. The first kappa shape index (κ1) is 29.8. The van der Waals surface area contributed by atoms with Crippen LogP contribution in [0.3, 0.4) is 0 Å². The third kappa shape index (κ3) is 7.13. The zero-order valence-electron chi connectivity index (χ0n) is 22.3. The maximum atomic E-state index is 14.3. The Labute approximate surface area is 244 Å². The summed E-state index contributed by atoms with van der Waals surface area (Å²) >= 11 is 12.6. The van der Waals surface area contributed by atoms with Crippen molar-refractivity contribution in [1.29, 1.82) is 0 Å². The van der Waals surface area contributed by atoms with E-state index in [0.29, 0.717) is 49.5 Å². The normalized spacial score (nSPS) is 17.6. The number of rotatable bonds is 13. The Morgan fingerprint density at radius 2 is 1.85 bits per heavy atom. The average molecular weight is 586 g/mol. The van der Waals surface area contributed by atoms with Gasteiger partial charge in [0.15, 0.2) is 5.78 Å². The summed E-state index contributed by atoms with van der Waals surface area (Å²) < 4.78 is 5.27. The van der Waals surface area contributed by atoms with Gasteiger partial charge < -0.3 is 20.9 Å². The zero-order chi connectivity index (χ0) is 28.6. The van der Waals surface area contributed by atoms with E-state index in [9.17, 15) is 14.7 Å². The van der Waals surface area contributed by atoms with Gasteiger partial charge in [0.25, 0.3) is 0 Å². The number of Topliss-reactive ketones (excluding diaryl/α,β-unsaturated/α-hetero) is 1. The quantitative estimate of drug-likeness (QED) is 0.157. The molecule has 8 nitrogen and oxygen atoms in total. The lowest BCUT2D eigenvalue weighted by atomic mass is 9.80. The molecule has 0 fully saturated rings. The summed E-state index contributed by atoms with van der Waals surface area (Å²) in [7, 11) is 1.61. The molecule has 4 rings (SSSR count). The summed E-state index contributed by atoms with van der Waals surface area (Å²) in [5.74, 6) is -0.809. The highest BCUT2D eigenvalue weighted by molar-refractivity contribution is 6.37. The number of aliphatic carboxylic acids is 1. The number of carboxylic acids is 1. The van der Waals surface area contributed by atoms with Crippen LogP contribution in [0.25, 0.3) is 0 Å². The number of hydrogen-bond donors (Lipinski definition) is 4. The third-order valence-corrected chi connectivity index (χ3v) is 7.71. The summed E-state index contributed by atoms with van der Waals surface area (Å²) in [6.45, 7) is 1.24. The minimum atomic E-state index is -0.987. The number of ether oxygens (including phenoxy) is 1. The molecule has 0 aliphatic carbocycles. The lowest BCUT2D eigenvalue weighted by Gasteiger charge is -2.43. The fourth-order valence-corrected chi connectivity index (χ4v) is 5.60. The number of fused-ring (bicyclic) bond motifs is 1. The number of carbonyl (C=O) groups is 2. The fourth-order valence-electron chi connectivity index (χ4n) is 5.10. The van der Waals surface area contributed by atoms with Gasteiger partial charge in [0, 0.05) is 35.3 Å². The van der Waals surface area contributed by atoms with Crippen molar-refractivity contribution >= 4 is 40.6 Å². The van der Waals surface area contributed by atoms with Crippen molar-refractivity contribution in [3.63, 3.8) is 0 Å². The van der Waals surface area contributed by atoms with Gasteiger partial charge in [-0.05, 0) is 79.4 Å². The van der Waals surface area contributed by atoms with Crippen LogP contribution in [0.15, 0.2) is 66.7 Å². The second-order valence-electron chi connectivity index (χ2n) is 9.78. The number of methoxy groups -OCH3 is 1. The van der Waals surface area contributed by atoms with Gasteiger partial charge in [0.05, 0.1) is 18.2 Å². The smallest absolute Gasteiger partial charge is 0.322 e. The summed E-state index contributed by atoms with van der Waals surface area (Å²) in [5.41, 5.74) is 12.0. The van der Waals surface area contributed by atoms with E-state index in [-0.39, 0.29) is 16.7 Å². The molecule has 0 saturated carbocycles. The fraction of sp³-hybridized carbons (Fsp3) is 0.333. The molecule has 212 valence electrons. The van der Waals surface area contributed by atoms with Crippen LogP contribution in [0.4, 0.5) is 5.69 Å². The number of carboxylic acid groups (broad SMARTS) is 1. The number of hydrogen-bond acceptors (Lipinski definition) is 7. The molecule has 1 aliphatic heterocycles. The maximum Gasteiger partial charge on any atom is 0.322 e. The minimum absolute atomic E-state index is 0.226. The minimum Gasteiger partial charge on any atom is -0.497 e. The van der Waals surface area contributed by atoms with Crippen LogP contribution in [-0.4, -0.2) is 54.2 Å². The third-order valence-electron chi connectivity index (χ3n) is 7.16. The Hall–Kier alpha value is -3.14. The number of carbonyl (C=O) groups excluding carboxylic acids is 1. The number of anilines is 1. The Balaban J connectivity index is 1.73. The van der Waals surface area contributed by atoms with Crippen LogP contribution in [0.2, 0.25) is 10.0 Å². The van der Waals surface area contributed by atoms with Gasteiger partial charge in [-0.25, -0.2) is 10.4 Å². The van der Waals surface area contributed by atoms with Crippen LogP contribution >= 0.6 is 23.2 Å². The summed E-state index contributed by atoms with van der Waals surface area (Å²) in [5, 5.41) is 15.9. The van der Waals surface area contributed by atoms with Gasteiger partial charge in [0.1, 0.15) is 11.8 Å². The van der Waals surface area contributed by atoms with Crippen molar-refractivity contribution in [2.45, 2.75) is 43.8 Å². The van der Waals surface area contributed by atoms with Crippen molar-refractivity contribution in [2.75, 3.05) is 25.5 Å². The molecule has 3 aromatic rings. The molecule has 1 aliphatic rings. The lowest BCUT2D eigenvalue weighted by molar-refractivity contribution is -0.142. The standard InChI is InChI=1S/C30H34Cl2N4O4/c1-40-22-12-10-21(11-13-22)34-17-25-23-7-3-2-6-19(23)18-36(35-27(30(38)39)8-4-5-15-33)28(25)29(37)24-14-9-20(31)16-26(24)32/h2-3,6-7,9-14,16,25,27-28,34-35H,4-5,8,15,17-18,33H2,1H3,(H,38,39)/t25?,27-,28?/m1/s1. The predicted octanol–water partition coefficient (Wildman–Crippen LogP) is 5.35. The largest absolute Gasteiger partial charge is 0.497 e. The second kappa shape index (κ2) is 14.0. The summed E-state index contributed by atoms with van der Waals surface area (Å²) in [6.07, 6.45) is 1.74. The van der Waals surface area contributed by atoms with Crippen LogP contribution in [-0.2, 0) is 11.3 Å². The predicted molar refractivity (Wildman–Crippen MR) is 158 cm³/mol. The first-order valence-electron chi connectivity index (χ1n) is 13.2. The van der Waals surface area contributed by atoms with E-state index < -0.39 is 18.1 Å².